The van der Waals surface area contributed by atoms with E-state index in [1.54, 1.807) is 28.9 Å². The Morgan fingerprint density at radius 1 is 1.16 bits per heavy atom. The number of ether oxygens (including phenoxy) is 1. The fourth-order valence-electron chi connectivity index (χ4n) is 3.32. The Morgan fingerprint density at radius 3 is 2.36 bits per heavy atom. The lowest BCUT2D eigenvalue weighted by Gasteiger charge is -2.35. The molecule has 25 heavy (non-hydrogen) atoms. The van der Waals surface area contributed by atoms with Crippen LogP contribution in [0.25, 0.3) is 0 Å². The Balaban J connectivity index is 1.82. The standard InChI is InChI=1S/C16H22ClN3O4S/c1-12-11-19(25(22,23)15-5-3-14(17)4-6-15)13(2)20(12)16(21)18-7-9-24-10-8-18/h3-6,12-13H,7-11H2,1-2H3. The minimum absolute atomic E-state index is 0.142. The van der Waals surface area contributed by atoms with Crippen molar-refractivity contribution in [3.63, 3.8) is 0 Å². The maximum Gasteiger partial charge on any atom is 0.321 e. The first-order valence-electron chi connectivity index (χ1n) is 8.25. The largest absolute Gasteiger partial charge is 0.378 e. The van der Waals surface area contributed by atoms with Gasteiger partial charge in [-0.15, -0.1) is 0 Å². The van der Waals surface area contributed by atoms with Crippen LogP contribution in [-0.4, -0.2) is 73.6 Å². The summed E-state index contributed by atoms with van der Waals surface area (Å²) in [6, 6.07) is 5.73. The van der Waals surface area contributed by atoms with E-state index in [2.05, 4.69) is 0 Å². The first kappa shape index (κ1) is 18.4. The lowest BCUT2D eigenvalue weighted by molar-refractivity contribution is 0.0382. The normalized spacial score (nSPS) is 25.4. The number of hydrogen-bond acceptors (Lipinski definition) is 4. The fourth-order valence-corrected chi connectivity index (χ4v) is 5.11. The third-order valence-corrected chi connectivity index (χ3v) is 6.85. The van der Waals surface area contributed by atoms with E-state index >= 15 is 0 Å². The van der Waals surface area contributed by atoms with Gasteiger partial charge in [0.15, 0.2) is 0 Å². The highest BCUT2D eigenvalue weighted by molar-refractivity contribution is 7.89. The first-order chi connectivity index (χ1) is 11.8. The van der Waals surface area contributed by atoms with Gasteiger partial charge in [0.05, 0.1) is 24.3 Å². The van der Waals surface area contributed by atoms with Crippen molar-refractivity contribution >= 4 is 27.7 Å². The number of hydrogen-bond donors (Lipinski definition) is 0. The van der Waals surface area contributed by atoms with E-state index in [9.17, 15) is 13.2 Å². The summed E-state index contributed by atoms with van der Waals surface area (Å²) >= 11 is 5.85. The summed E-state index contributed by atoms with van der Waals surface area (Å²) < 4.78 is 32.6. The Hall–Kier alpha value is -1.35. The number of nitrogens with zero attached hydrogens (tertiary/aromatic N) is 3. The third kappa shape index (κ3) is 3.48. The molecule has 0 saturated carbocycles. The van der Waals surface area contributed by atoms with Crippen LogP contribution in [0.2, 0.25) is 5.02 Å². The van der Waals surface area contributed by atoms with E-state index in [-0.39, 0.29) is 23.5 Å². The summed E-state index contributed by atoms with van der Waals surface area (Å²) in [4.78, 5) is 16.4. The van der Waals surface area contributed by atoms with Crippen LogP contribution in [-0.2, 0) is 14.8 Å². The van der Waals surface area contributed by atoms with Gasteiger partial charge in [-0.1, -0.05) is 11.6 Å². The minimum Gasteiger partial charge on any atom is -0.378 e. The summed E-state index contributed by atoms with van der Waals surface area (Å²) in [7, 11) is -3.70. The Morgan fingerprint density at radius 2 is 1.76 bits per heavy atom. The summed E-state index contributed by atoms with van der Waals surface area (Å²) in [5, 5.41) is 0.478. The summed E-state index contributed by atoms with van der Waals surface area (Å²) in [5.74, 6) is 0. The van der Waals surface area contributed by atoms with Crippen LogP contribution in [0.1, 0.15) is 13.8 Å². The Kier molecular flexibility index (Phi) is 5.24. The molecule has 2 unspecified atom stereocenters. The van der Waals surface area contributed by atoms with E-state index in [1.807, 2.05) is 6.92 Å². The molecule has 0 radical (unpaired) electrons. The van der Waals surface area contributed by atoms with Crippen LogP contribution in [0.3, 0.4) is 0 Å². The molecule has 1 aromatic carbocycles. The second-order valence-electron chi connectivity index (χ2n) is 6.30. The average molecular weight is 388 g/mol. The molecule has 2 heterocycles. The zero-order valence-corrected chi connectivity index (χ0v) is 15.8. The van der Waals surface area contributed by atoms with E-state index in [1.165, 1.54) is 16.4 Å². The lowest BCUT2D eigenvalue weighted by Crippen LogP contribution is -2.52. The molecule has 2 saturated heterocycles. The van der Waals surface area contributed by atoms with E-state index in [4.69, 9.17) is 16.3 Å². The van der Waals surface area contributed by atoms with Crippen molar-refractivity contribution in [2.75, 3.05) is 32.8 Å². The molecule has 0 bridgehead atoms. The van der Waals surface area contributed by atoms with Gasteiger partial charge in [-0.25, -0.2) is 13.2 Å². The number of urea groups is 1. The maximum atomic E-state index is 13.0. The molecular formula is C16H22ClN3O4S. The van der Waals surface area contributed by atoms with E-state index in [0.29, 0.717) is 31.3 Å². The van der Waals surface area contributed by atoms with Crippen LogP contribution in [0.4, 0.5) is 4.79 Å². The topological polar surface area (TPSA) is 70.2 Å². The number of carbonyl (C=O) groups excluding carboxylic acids is 1. The van der Waals surface area contributed by atoms with Crippen molar-refractivity contribution in [1.82, 2.24) is 14.1 Å². The predicted molar refractivity (Wildman–Crippen MR) is 93.9 cm³/mol. The van der Waals surface area contributed by atoms with Crippen LogP contribution in [0.15, 0.2) is 29.2 Å². The molecule has 0 N–H and O–H groups in total. The number of halogens is 1. The Bertz CT molecular complexity index is 734. The number of rotatable bonds is 2. The van der Waals surface area contributed by atoms with Gasteiger partial charge in [-0.2, -0.15) is 4.31 Å². The molecule has 0 spiro atoms. The lowest BCUT2D eigenvalue weighted by atomic mass is 10.3. The molecule has 2 atom stereocenters. The van der Waals surface area contributed by atoms with Crippen molar-refractivity contribution in [2.24, 2.45) is 0 Å². The minimum atomic E-state index is -3.70. The Labute approximate surface area is 153 Å². The van der Waals surface area contributed by atoms with Gasteiger partial charge in [0.25, 0.3) is 0 Å². The summed E-state index contributed by atoms with van der Waals surface area (Å²) in [6.07, 6.45) is -0.550. The summed E-state index contributed by atoms with van der Waals surface area (Å²) in [5.41, 5.74) is 0. The van der Waals surface area contributed by atoms with Gasteiger partial charge in [0.1, 0.15) is 0 Å². The van der Waals surface area contributed by atoms with Gasteiger partial charge >= 0.3 is 6.03 Å². The SMILES string of the molecule is CC1CN(S(=O)(=O)c2ccc(Cl)cc2)C(C)N1C(=O)N1CCOCC1. The van der Waals surface area contributed by atoms with Crippen LogP contribution in [0, 0.1) is 0 Å². The smallest absolute Gasteiger partial charge is 0.321 e. The van der Waals surface area contributed by atoms with Crippen LogP contribution >= 0.6 is 11.6 Å². The quantitative estimate of drug-likeness (QED) is 0.776. The molecule has 2 fully saturated rings. The first-order valence-corrected chi connectivity index (χ1v) is 10.1. The maximum absolute atomic E-state index is 13.0. The zero-order valence-electron chi connectivity index (χ0n) is 14.3. The molecule has 0 aliphatic carbocycles. The van der Waals surface area contributed by atoms with Crippen LogP contribution < -0.4 is 0 Å². The van der Waals surface area contributed by atoms with Crippen molar-refractivity contribution in [1.29, 1.82) is 0 Å². The molecule has 2 aliphatic heterocycles. The van der Waals surface area contributed by atoms with Gasteiger partial charge in [0.2, 0.25) is 10.0 Å². The fraction of sp³-hybridized carbons (Fsp3) is 0.562. The summed E-state index contributed by atoms with van der Waals surface area (Å²) in [6.45, 7) is 5.95. The highest BCUT2D eigenvalue weighted by Gasteiger charge is 2.45. The van der Waals surface area contributed by atoms with Gasteiger partial charge in [0, 0.05) is 30.7 Å². The molecule has 138 valence electrons. The van der Waals surface area contributed by atoms with Gasteiger partial charge < -0.3 is 14.5 Å². The highest BCUT2D eigenvalue weighted by Crippen LogP contribution is 2.29. The molecular weight excluding hydrogens is 366 g/mol. The molecule has 2 aliphatic rings. The predicted octanol–water partition coefficient (Wildman–Crippen LogP) is 1.83. The average Bonchev–Trinajstić information content (AvgIpc) is 2.90. The number of benzene rings is 1. The van der Waals surface area contributed by atoms with Crippen molar-refractivity contribution in [3.8, 4) is 0 Å². The van der Waals surface area contributed by atoms with Crippen molar-refractivity contribution < 1.29 is 17.9 Å². The number of sulfonamides is 1. The number of carbonyl (C=O) groups is 1. The third-order valence-electron chi connectivity index (χ3n) is 4.66. The molecule has 9 heteroatoms. The van der Waals surface area contributed by atoms with Crippen molar-refractivity contribution in [3.05, 3.63) is 29.3 Å². The van der Waals surface area contributed by atoms with E-state index in [0.717, 1.165) is 0 Å². The number of morpholine rings is 1. The second-order valence-corrected chi connectivity index (χ2v) is 8.63. The number of amides is 2. The molecule has 2 amide bonds. The highest BCUT2D eigenvalue weighted by atomic mass is 35.5. The monoisotopic (exact) mass is 387 g/mol. The molecule has 0 aromatic heterocycles. The molecule has 1 aromatic rings. The van der Waals surface area contributed by atoms with E-state index < -0.39 is 16.2 Å². The van der Waals surface area contributed by atoms with Crippen LogP contribution in [0.5, 0.6) is 0 Å². The second kappa shape index (κ2) is 7.11. The zero-order chi connectivity index (χ0) is 18.2. The van der Waals surface area contributed by atoms with Crippen molar-refractivity contribution in [2.45, 2.75) is 31.0 Å². The molecule has 7 nitrogen and oxygen atoms in total. The van der Waals surface area contributed by atoms with Gasteiger partial charge in [-0.3, -0.25) is 0 Å². The van der Waals surface area contributed by atoms with Gasteiger partial charge in [-0.05, 0) is 38.1 Å². The molecule has 3 rings (SSSR count).